The van der Waals surface area contributed by atoms with Crippen LogP contribution in [0.4, 0.5) is 11.4 Å². The first kappa shape index (κ1) is 43.4. The maximum absolute atomic E-state index is 13.4. The molecule has 8 rings (SSSR count). The highest BCUT2D eigenvalue weighted by atomic mass is 35.5. The monoisotopic (exact) mass is 904 g/mol. The fourth-order valence-corrected chi connectivity index (χ4v) is 9.61. The SMILES string of the molecule is Cc1ccc(S(=O)(=O)n2cc(-c3nc(Cl)ncc3Cl)c3ccc([N+](=O)[O-])cc32)cc1.Cc1ccc(S(=O)(=O)n2cc(B3OC(C)(C)C(C)(C)O3)c3ccc([N+](=O)[O-])cc32)cc1. The zero-order valence-electron chi connectivity index (χ0n) is 33.2. The number of rotatable bonds is 8. The number of non-ortho nitro benzene ring substituents is 2. The minimum Gasteiger partial charge on any atom is -0.399 e. The Hall–Kier alpha value is -5.70. The average Bonchev–Trinajstić information content (AvgIpc) is 3.85. The van der Waals surface area contributed by atoms with Crippen molar-refractivity contribution in [2.24, 2.45) is 0 Å². The second-order valence-corrected chi connectivity index (χ2v) is 19.6. The van der Waals surface area contributed by atoms with Gasteiger partial charge in [0.1, 0.15) is 0 Å². The van der Waals surface area contributed by atoms with Crippen LogP contribution >= 0.6 is 23.2 Å². The lowest BCUT2D eigenvalue weighted by molar-refractivity contribution is -0.384. The molecule has 61 heavy (non-hydrogen) atoms. The first-order valence-corrected chi connectivity index (χ1v) is 21.9. The molecule has 0 saturated carbocycles. The van der Waals surface area contributed by atoms with Crippen LogP contribution in [0.2, 0.25) is 10.3 Å². The van der Waals surface area contributed by atoms with Gasteiger partial charge in [0.15, 0.2) is 0 Å². The number of nitrogens with zero attached hydrogens (tertiary/aromatic N) is 6. The van der Waals surface area contributed by atoms with Gasteiger partial charge in [-0.2, -0.15) is 0 Å². The van der Waals surface area contributed by atoms with E-state index in [1.54, 1.807) is 24.3 Å². The molecule has 4 aromatic carbocycles. The molecule has 0 spiro atoms. The molecule has 1 aliphatic heterocycles. The third-order valence-electron chi connectivity index (χ3n) is 10.6. The number of aryl methyl sites for hydroxylation is 2. The van der Waals surface area contributed by atoms with Crippen LogP contribution < -0.4 is 5.46 Å². The van der Waals surface area contributed by atoms with E-state index in [0.29, 0.717) is 21.8 Å². The van der Waals surface area contributed by atoms with Crippen LogP contribution in [0.15, 0.2) is 113 Å². The van der Waals surface area contributed by atoms with E-state index in [0.717, 1.165) is 19.1 Å². The summed E-state index contributed by atoms with van der Waals surface area (Å²) in [6.45, 7) is 11.3. The van der Waals surface area contributed by atoms with E-state index in [2.05, 4.69) is 9.97 Å². The molecule has 16 nitrogen and oxygen atoms in total. The van der Waals surface area contributed by atoms with Crippen LogP contribution in [-0.4, -0.2) is 62.9 Å². The summed E-state index contributed by atoms with van der Waals surface area (Å²) in [5.74, 6) is 0. The molecule has 0 amide bonds. The Morgan fingerprint density at radius 3 is 1.59 bits per heavy atom. The molecular formula is C40H35BCl2N6O10S2. The van der Waals surface area contributed by atoms with Crippen LogP contribution in [0.3, 0.4) is 0 Å². The topological polar surface area (TPSA) is 209 Å². The van der Waals surface area contributed by atoms with E-state index < -0.39 is 48.2 Å². The fraction of sp³-hybridized carbons (Fsp3) is 0.200. The van der Waals surface area contributed by atoms with Crippen LogP contribution in [0.1, 0.15) is 38.8 Å². The van der Waals surface area contributed by atoms with Gasteiger partial charge in [-0.05, 0) is 89.5 Å². The molecule has 0 N–H and O–H groups in total. The van der Waals surface area contributed by atoms with E-state index in [1.807, 2.05) is 41.5 Å². The maximum Gasteiger partial charge on any atom is 0.497 e. The number of fused-ring (bicyclic) bond motifs is 2. The Kier molecular flexibility index (Phi) is 11.1. The van der Waals surface area contributed by atoms with Gasteiger partial charge in [-0.25, -0.2) is 34.7 Å². The number of nitro benzene ring substituents is 2. The van der Waals surface area contributed by atoms with Crippen molar-refractivity contribution in [2.75, 3.05) is 0 Å². The first-order valence-electron chi connectivity index (χ1n) is 18.3. The van der Waals surface area contributed by atoms with Gasteiger partial charge in [0.05, 0.1) is 58.8 Å². The number of hydrogen-bond acceptors (Lipinski definition) is 12. The van der Waals surface area contributed by atoms with Crippen molar-refractivity contribution in [2.45, 2.75) is 62.5 Å². The first-order chi connectivity index (χ1) is 28.5. The van der Waals surface area contributed by atoms with Gasteiger partial charge >= 0.3 is 7.12 Å². The van der Waals surface area contributed by atoms with Gasteiger partial charge in [-0.3, -0.25) is 20.2 Å². The van der Waals surface area contributed by atoms with Crippen molar-refractivity contribution in [1.29, 1.82) is 0 Å². The summed E-state index contributed by atoms with van der Waals surface area (Å²) < 4.78 is 67.8. The normalized spacial score (nSPS) is 14.9. The Morgan fingerprint density at radius 1 is 0.672 bits per heavy atom. The van der Waals surface area contributed by atoms with E-state index in [-0.39, 0.29) is 48.2 Å². The molecule has 21 heteroatoms. The summed E-state index contributed by atoms with van der Waals surface area (Å²) in [5, 5.41) is 23.6. The molecule has 0 radical (unpaired) electrons. The maximum atomic E-state index is 13.4. The number of hydrogen-bond donors (Lipinski definition) is 0. The van der Waals surface area contributed by atoms with Gasteiger partial charge in [0, 0.05) is 58.5 Å². The second kappa shape index (κ2) is 15.6. The number of aromatic nitrogens is 4. The molecule has 1 fully saturated rings. The Balaban J connectivity index is 0.000000184. The lowest BCUT2D eigenvalue weighted by Crippen LogP contribution is -2.41. The molecule has 0 unspecified atom stereocenters. The van der Waals surface area contributed by atoms with Crippen molar-refractivity contribution in [3.63, 3.8) is 0 Å². The van der Waals surface area contributed by atoms with Gasteiger partial charge < -0.3 is 9.31 Å². The van der Waals surface area contributed by atoms with E-state index in [4.69, 9.17) is 32.5 Å². The fourth-order valence-electron chi connectivity index (χ4n) is 6.55. The van der Waals surface area contributed by atoms with Crippen LogP contribution in [0, 0.1) is 34.1 Å². The number of halogens is 2. The van der Waals surface area contributed by atoms with Gasteiger partial charge in [-0.1, -0.05) is 47.0 Å². The Bertz CT molecular complexity index is 3120. The van der Waals surface area contributed by atoms with Crippen LogP contribution in [0.25, 0.3) is 33.1 Å². The summed E-state index contributed by atoms with van der Waals surface area (Å²) in [6, 6.07) is 20.8. The lowest BCUT2D eigenvalue weighted by atomic mass is 9.79. The molecular weight excluding hydrogens is 870 g/mol. The highest BCUT2D eigenvalue weighted by Crippen LogP contribution is 2.39. The van der Waals surface area contributed by atoms with E-state index in [1.165, 1.54) is 79.3 Å². The molecule has 7 aromatic rings. The largest absolute Gasteiger partial charge is 0.497 e. The Morgan fingerprint density at radius 2 is 1.11 bits per heavy atom. The van der Waals surface area contributed by atoms with Crippen molar-refractivity contribution >= 4 is 89.0 Å². The highest BCUT2D eigenvalue weighted by molar-refractivity contribution is 7.90. The third-order valence-corrected chi connectivity index (χ3v) is 14.4. The molecule has 3 aromatic heterocycles. The summed E-state index contributed by atoms with van der Waals surface area (Å²) >= 11 is 12.1. The molecule has 314 valence electrons. The minimum atomic E-state index is -4.06. The van der Waals surface area contributed by atoms with Gasteiger partial charge in [0.25, 0.3) is 31.4 Å². The van der Waals surface area contributed by atoms with Crippen molar-refractivity contribution in [3.05, 3.63) is 145 Å². The molecule has 1 saturated heterocycles. The van der Waals surface area contributed by atoms with Crippen LogP contribution in [-0.2, 0) is 29.4 Å². The lowest BCUT2D eigenvalue weighted by Gasteiger charge is -2.32. The average molecular weight is 906 g/mol. The molecule has 1 aliphatic rings. The summed E-state index contributed by atoms with van der Waals surface area (Å²) in [7, 11) is -8.88. The van der Waals surface area contributed by atoms with E-state index >= 15 is 0 Å². The predicted molar refractivity (Wildman–Crippen MR) is 231 cm³/mol. The summed E-state index contributed by atoms with van der Waals surface area (Å²) in [6.07, 6.45) is 4.06. The zero-order chi connectivity index (χ0) is 44.4. The smallest absolute Gasteiger partial charge is 0.399 e. The standard InChI is InChI=1S/C21H23BN2O6S.C19H12Cl2N4O4S/c1-14-6-9-16(10-7-14)31(27,28)23-13-18(22-29-20(2,3)21(4,5)30-22)17-11-8-15(24(25)26)12-19(17)23;1-11-2-5-13(6-3-11)30(28,29)24-10-15(18-16(20)9-22-19(21)23-18)14-7-4-12(25(26)27)8-17(14)24/h6-13H,1-5H3;2-10H,1H3. The Labute approximate surface area is 360 Å². The molecule has 0 atom stereocenters. The summed E-state index contributed by atoms with van der Waals surface area (Å²) in [5.41, 5.74) is 1.49. The van der Waals surface area contributed by atoms with Crippen molar-refractivity contribution in [1.82, 2.24) is 17.9 Å². The molecule has 0 aliphatic carbocycles. The summed E-state index contributed by atoms with van der Waals surface area (Å²) in [4.78, 5) is 29.5. The van der Waals surface area contributed by atoms with Gasteiger partial charge in [0.2, 0.25) is 5.28 Å². The molecule has 4 heterocycles. The van der Waals surface area contributed by atoms with Crippen molar-refractivity contribution < 1.29 is 36.0 Å². The molecule has 0 bridgehead atoms. The van der Waals surface area contributed by atoms with Gasteiger partial charge in [-0.15, -0.1) is 0 Å². The number of nitro groups is 2. The zero-order valence-corrected chi connectivity index (χ0v) is 36.4. The van der Waals surface area contributed by atoms with Crippen LogP contribution in [0.5, 0.6) is 0 Å². The van der Waals surface area contributed by atoms with Crippen molar-refractivity contribution in [3.8, 4) is 11.3 Å². The number of benzene rings is 4. The minimum absolute atomic E-state index is 0.0369. The third kappa shape index (κ3) is 8.00. The highest BCUT2D eigenvalue weighted by Gasteiger charge is 2.52. The quantitative estimate of drug-likeness (QED) is 0.0611. The predicted octanol–water partition coefficient (Wildman–Crippen LogP) is 8.25. The second-order valence-electron chi connectivity index (χ2n) is 15.2. The van der Waals surface area contributed by atoms with E-state index in [9.17, 15) is 37.1 Å².